The maximum atomic E-state index is 12.2. The lowest BCUT2D eigenvalue weighted by Crippen LogP contribution is -2.14. The summed E-state index contributed by atoms with van der Waals surface area (Å²) in [7, 11) is 0. The molecule has 1 amide bonds. The maximum absolute atomic E-state index is 12.2. The molecule has 1 N–H and O–H groups in total. The molecule has 3 rings (SSSR count). The lowest BCUT2D eigenvalue weighted by atomic mass is 10.0. The van der Waals surface area contributed by atoms with Gasteiger partial charge in [0.25, 0.3) is 0 Å². The van der Waals surface area contributed by atoms with E-state index in [1.54, 1.807) is 0 Å². The second kappa shape index (κ2) is 7.14. The third-order valence-corrected chi connectivity index (χ3v) is 5.06. The number of benzene rings is 2. The fourth-order valence-electron chi connectivity index (χ4n) is 2.60. The summed E-state index contributed by atoms with van der Waals surface area (Å²) in [4.78, 5) is 16.8. The summed E-state index contributed by atoms with van der Waals surface area (Å²) >= 11 is 1.53. The van der Waals surface area contributed by atoms with Gasteiger partial charge in [0.2, 0.25) is 5.91 Å². The Labute approximate surface area is 146 Å². The van der Waals surface area contributed by atoms with Crippen molar-refractivity contribution in [2.24, 2.45) is 0 Å². The van der Waals surface area contributed by atoms with Crippen LogP contribution in [0.4, 0.5) is 5.13 Å². The number of hydrogen-bond acceptors (Lipinski definition) is 3. The number of thiazole rings is 1. The second-order valence-corrected chi connectivity index (χ2v) is 7.33. The van der Waals surface area contributed by atoms with Gasteiger partial charge in [-0.3, -0.25) is 4.79 Å². The van der Waals surface area contributed by atoms with Crippen LogP contribution in [0, 0.1) is 0 Å². The first kappa shape index (κ1) is 16.7. The Bertz CT molecular complexity index is 850. The molecule has 1 heterocycles. The van der Waals surface area contributed by atoms with E-state index >= 15 is 0 Å². The average molecular weight is 338 g/mol. The molecule has 4 heteroatoms. The van der Waals surface area contributed by atoms with Gasteiger partial charge in [0.1, 0.15) is 0 Å². The number of aromatic nitrogens is 1. The minimum absolute atomic E-state index is 0.0256. The summed E-state index contributed by atoms with van der Waals surface area (Å²) in [5, 5.41) is 3.59. The molecule has 0 radical (unpaired) electrons. The van der Waals surface area contributed by atoms with Crippen molar-refractivity contribution in [2.75, 3.05) is 5.32 Å². The van der Waals surface area contributed by atoms with Gasteiger partial charge in [-0.05, 0) is 41.2 Å². The monoisotopic (exact) mass is 338 g/mol. The molecular weight excluding hydrogens is 316 g/mol. The minimum Gasteiger partial charge on any atom is -0.302 e. The number of aryl methyl sites for hydroxylation is 1. The largest absolute Gasteiger partial charge is 0.302 e. The third kappa shape index (κ3) is 3.82. The summed E-state index contributed by atoms with van der Waals surface area (Å²) in [6, 6.07) is 14.5. The number of anilines is 1. The Balaban J connectivity index is 1.70. The normalized spacial score (nSPS) is 11.2. The molecular formula is C20H22N2OS. The van der Waals surface area contributed by atoms with E-state index in [4.69, 9.17) is 0 Å². The summed E-state index contributed by atoms with van der Waals surface area (Å²) in [5.74, 6) is 0.461. The smallest absolute Gasteiger partial charge is 0.230 e. The minimum atomic E-state index is -0.0256. The van der Waals surface area contributed by atoms with Crippen LogP contribution in [0.1, 0.15) is 43.4 Å². The van der Waals surface area contributed by atoms with Crippen molar-refractivity contribution in [3.63, 3.8) is 0 Å². The SMILES string of the molecule is CCc1ccc(CC(=O)Nc2nc3ccc(C(C)C)cc3s2)cc1. The summed E-state index contributed by atoms with van der Waals surface area (Å²) < 4.78 is 1.11. The molecule has 0 spiro atoms. The molecule has 0 fully saturated rings. The number of nitrogens with zero attached hydrogens (tertiary/aromatic N) is 1. The molecule has 0 aliphatic rings. The maximum Gasteiger partial charge on any atom is 0.230 e. The molecule has 0 aliphatic heterocycles. The van der Waals surface area contributed by atoms with Crippen LogP contribution in [-0.2, 0) is 17.6 Å². The van der Waals surface area contributed by atoms with E-state index in [1.165, 1.54) is 22.5 Å². The Kier molecular flexibility index (Phi) is 4.95. The van der Waals surface area contributed by atoms with E-state index < -0.39 is 0 Å². The van der Waals surface area contributed by atoms with Crippen molar-refractivity contribution in [3.8, 4) is 0 Å². The number of fused-ring (bicyclic) bond motifs is 1. The Morgan fingerprint density at radius 1 is 1.12 bits per heavy atom. The van der Waals surface area contributed by atoms with Gasteiger partial charge in [-0.25, -0.2) is 4.98 Å². The van der Waals surface area contributed by atoms with E-state index in [0.29, 0.717) is 17.5 Å². The highest BCUT2D eigenvalue weighted by molar-refractivity contribution is 7.22. The van der Waals surface area contributed by atoms with Crippen LogP contribution in [-0.4, -0.2) is 10.9 Å². The van der Waals surface area contributed by atoms with E-state index in [0.717, 1.165) is 22.2 Å². The van der Waals surface area contributed by atoms with Gasteiger partial charge >= 0.3 is 0 Å². The number of nitrogens with one attached hydrogen (secondary N) is 1. The van der Waals surface area contributed by atoms with Crippen LogP contribution in [0.3, 0.4) is 0 Å². The van der Waals surface area contributed by atoms with Gasteiger partial charge in [-0.2, -0.15) is 0 Å². The molecule has 0 unspecified atom stereocenters. The predicted octanol–water partition coefficient (Wildman–Crippen LogP) is 5.16. The molecule has 0 bridgehead atoms. The van der Waals surface area contributed by atoms with E-state index in [-0.39, 0.29) is 5.91 Å². The standard InChI is InChI=1S/C20H22N2OS/c1-4-14-5-7-15(8-6-14)11-19(23)22-20-21-17-10-9-16(13(2)3)12-18(17)24-20/h5-10,12-13H,4,11H2,1-3H3,(H,21,22,23). The van der Waals surface area contributed by atoms with Crippen molar-refractivity contribution in [1.29, 1.82) is 0 Å². The molecule has 124 valence electrons. The topological polar surface area (TPSA) is 42.0 Å². The number of rotatable bonds is 5. The highest BCUT2D eigenvalue weighted by Gasteiger charge is 2.10. The summed E-state index contributed by atoms with van der Waals surface area (Å²) in [6.07, 6.45) is 1.38. The van der Waals surface area contributed by atoms with Gasteiger partial charge in [0, 0.05) is 0 Å². The van der Waals surface area contributed by atoms with Crippen LogP contribution in [0.15, 0.2) is 42.5 Å². The van der Waals surface area contributed by atoms with E-state index in [9.17, 15) is 4.79 Å². The second-order valence-electron chi connectivity index (χ2n) is 6.30. The first-order valence-electron chi connectivity index (χ1n) is 8.33. The number of carbonyl (C=O) groups is 1. The zero-order valence-corrected chi connectivity index (χ0v) is 15.1. The van der Waals surface area contributed by atoms with E-state index in [2.05, 4.69) is 55.3 Å². The zero-order valence-electron chi connectivity index (χ0n) is 14.3. The Morgan fingerprint density at radius 3 is 2.50 bits per heavy atom. The quantitative estimate of drug-likeness (QED) is 0.698. The zero-order chi connectivity index (χ0) is 17.1. The summed E-state index contributed by atoms with van der Waals surface area (Å²) in [6.45, 7) is 6.48. The highest BCUT2D eigenvalue weighted by atomic mass is 32.1. The molecule has 3 aromatic rings. The van der Waals surface area contributed by atoms with Crippen LogP contribution >= 0.6 is 11.3 Å². The Hall–Kier alpha value is -2.20. The highest BCUT2D eigenvalue weighted by Crippen LogP contribution is 2.29. The van der Waals surface area contributed by atoms with E-state index in [1.807, 2.05) is 18.2 Å². The van der Waals surface area contributed by atoms with Gasteiger partial charge < -0.3 is 5.32 Å². The van der Waals surface area contributed by atoms with Crippen molar-refractivity contribution >= 4 is 32.6 Å². The molecule has 2 aromatic carbocycles. The predicted molar refractivity (Wildman–Crippen MR) is 102 cm³/mol. The number of amides is 1. The lowest BCUT2D eigenvalue weighted by molar-refractivity contribution is -0.115. The van der Waals surface area contributed by atoms with Crippen LogP contribution in [0.5, 0.6) is 0 Å². The molecule has 0 saturated heterocycles. The van der Waals surface area contributed by atoms with Crippen LogP contribution < -0.4 is 5.32 Å². The van der Waals surface area contributed by atoms with Gasteiger partial charge in [-0.15, -0.1) is 0 Å². The van der Waals surface area contributed by atoms with Gasteiger partial charge in [0.15, 0.2) is 5.13 Å². The lowest BCUT2D eigenvalue weighted by Gasteiger charge is -2.03. The first-order chi connectivity index (χ1) is 11.5. The molecule has 3 nitrogen and oxygen atoms in total. The third-order valence-electron chi connectivity index (χ3n) is 4.12. The molecule has 0 aliphatic carbocycles. The van der Waals surface area contributed by atoms with Crippen molar-refractivity contribution in [2.45, 2.75) is 39.5 Å². The molecule has 24 heavy (non-hydrogen) atoms. The van der Waals surface area contributed by atoms with Crippen molar-refractivity contribution in [1.82, 2.24) is 4.98 Å². The van der Waals surface area contributed by atoms with Gasteiger partial charge in [0.05, 0.1) is 16.6 Å². The molecule has 0 atom stereocenters. The van der Waals surface area contributed by atoms with Crippen LogP contribution in [0.2, 0.25) is 0 Å². The van der Waals surface area contributed by atoms with Crippen LogP contribution in [0.25, 0.3) is 10.2 Å². The Morgan fingerprint density at radius 2 is 1.83 bits per heavy atom. The van der Waals surface area contributed by atoms with Crippen molar-refractivity contribution < 1.29 is 4.79 Å². The molecule has 0 saturated carbocycles. The van der Waals surface area contributed by atoms with Crippen molar-refractivity contribution in [3.05, 3.63) is 59.2 Å². The fraction of sp³-hybridized carbons (Fsp3) is 0.300. The number of carbonyl (C=O) groups excluding carboxylic acids is 1. The molecule has 1 aromatic heterocycles. The number of hydrogen-bond donors (Lipinski definition) is 1. The fourth-order valence-corrected chi connectivity index (χ4v) is 3.53. The average Bonchev–Trinajstić information content (AvgIpc) is 2.96. The summed E-state index contributed by atoms with van der Waals surface area (Å²) in [5.41, 5.74) is 4.53. The van der Waals surface area contributed by atoms with Gasteiger partial charge in [-0.1, -0.05) is 62.4 Å². The first-order valence-corrected chi connectivity index (χ1v) is 9.15.